The molecule has 2 heterocycles. The largest absolute Gasteiger partial charge is 0.497 e. The van der Waals surface area contributed by atoms with Gasteiger partial charge in [-0.15, -0.1) is 10.2 Å². The zero-order valence-electron chi connectivity index (χ0n) is 10.4. The first kappa shape index (κ1) is 11.2. The van der Waals surface area contributed by atoms with Crippen LogP contribution >= 0.6 is 0 Å². The molecule has 0 saturated carbocycles. The third kappa shape index (κ3) is 1.97. The van der Waals surface area contributed by atoms with Gasteiger partial charge in [-0.25, -0.2) is 0 Å². The molecule has 5 heteroatoms. The molecule has 0 spiro atoms. The number of hydrogen-bond acceptors (Lipinski definition) is 4. The highest BCUT2D eigenvalue weighted by atomic mass is 16.5. The van der Waals surface area contributed by atoms with Crippen molar-refractivity contribution in [2.24, 2.45) is 0 Å². The van der Waals surface area contributed by atoms with Gasteiger partial charge in [0.05, 0.1) is 7.11 Å². The van der Waals surface area contributed by atoms with Crippen molar-refractivity contribution in [2.45, 2.75) is 13.0 Å². The van der Waals surface area contributed by atoms with Gasteiger partial charge in [0, 0.05) is 31.6 Å². The van der Waals surface area contributed by atoms with Gasteiger partial charge in [0.1, 0.15) is 11.6 Å². The van der Waals surface area contributed by atoms with E-state index in [0.717, 1.165) is 49.0 Å². The molecule has 0 aliphatic carbocycles. The summed E-state index contributed by atoms with van der Waals surface area (Å²) in [4.78, 5) is 0. The van der Waals surface area contributed by atoms with Gasteiger partial charge in [0.2, 0.25) is 0 Å². The maximum absolute atomic E-state index is 5.25. The fraction of sp³-hybridized carbons (Fsp3) is 0.385. The Kier molecular flexibility index (Phi) is 2.98. The van der Waals surface area contributed by atoms with Gasteiger partial charge < -0.3 is 14.6 Å². The van der Waals surface area contributed by atoms with Crippen molar-refractivity contribution in [2.75, 3.05) is 20.2 Å². The molecule has 0 unspecified atom stereocenters. The predicted octanol–water partition coefficient (Wildman–Crippen LogP) is 1.10. The number of rotatable bonds is 2. The van der Waals surface area contributed by atoms with E-state index in [0.29, 0.717) is 0 Å². The number of hydrogen-bond donors (Lipinski definition) is 1. The lowest BCUT2D eigenvalue weighted by Gasteiger charge is -2.07. The van der Waals surface area contributed by atoms with Gasteiger partial charge in [0.15, 0.2) is 5.82 Å². The van der Waals surface area contributed by atoms with E-state index in [9.17, 15) is 0 Å². The van der Waals surface area contributed by atoms with E-state index in [2.05, 4.69) is 20.1 Å². The number of ether oxygens (including phenoxy) is 1. The topological polar surface area (TPSA) is 52.0 Å². The molecule has 3 rings (SSSR count). The van der Waals surface area contributed by atoms with E-state index in [4.69, 9.17) is 4.74 Å². The summed E-state index contributed by atoms with van der Waals surface area (Å²) in [7, 11) is 1.67. The highest BCUT2D eigenvalue weighted by Crippen LogP contribution is 2.23. The zero-order valence-corrected chi connectivity index (χ0v) is 10.4. The average Bonchev–Trinajstić information content (AvgIpc) is 2.68. The van der Waals surface area contributed by atoms with Crippen molar-refractivity contribution < 1.29 is 4.74 Å². The first-order valence-electron chi connectivity index (χ1n) is 6.16. The van der Waals surface area contributed by atoms with Crippen LogP contribution in [-0.2, 0) is 13.0 Å². The first-order chi connectivity index (χ1) is 8.88. The number of nitrogens with one attached hydrogen (secondary N) is 1. The lowest BCUT2D eigenvalue weighted by atomic mass is 10.2. The second kappa shape index (κ2) is 4.78. The van der Waals surface area contributed by atoms with E-state index in [1.54, 1.807) is 7.11 Å². The van der Waals surface area contributed by atoms with Crippen molar-refractivity contribution >= 4 is 0 Å². The van der Waals surface area contributed by atoms with Gasteiger partial charge in [0.25, 0.3) is 0 Å². The molecule has 0 amide bonds. The molecule has 18 heavy (non-hydrogen) atoms. The van der Waals surface area contributed by atoms with Crippen LogP contribution in [0.4, 0.5) is 0 Å². The second-order valence-electron chi connectivity index (χ2n) is 4.32. The summed E-state index contributed by atoms with van der Waals surface area (Å²) in [6.07, 6.45) is 0.928. The van der Waals surface area contributed by atoms with Crippen LogP contribution in [0, 0.1) is 0 Å². The minimum atomic E-state index is 0.844. The molecule has 1 aromatic carbocycles. The molecule has 0 bridgehead atoms. The van der Waals surface area contributed by atoms with Gasteiger partial charge >= 0.3 is 0 Å². The molecule has 1 aromatic heterocycles. The Bertz CT molecular complexity index is 550. The summed E-state index contributed by atoms with van der Waals surface area (Å²) >= 11 is 0. The van der Waals surface area contributed by atoms with Gasteiger partial charge in [-0.3, -0.25) is 0 Å². The van der Waals surface area contributed by atoms with Crippen LogP contribution in [0.5, 0.6) is 5.75 Å². The Morgan fingerprint density at radius 2 is 2.22 bits per heavy atom. The van der Waals surface area contributed by atoms with Crippen LogP contribution in [0.1, 0.15) is 5.82 Å². The minimum Gasteiger partial charge on any atom is -0.497 e. The van der Waals surface area contributed by atoms with Crippen molar-refractivity contribution in [3.05, 3.63) is 30.1 Å². The highest BCUT2D eigenvalue weighted by molar-refractivity contribution is 5.58. The third-order valence-electron chi connectivity index (χ3n) is 3.19. The number of nitrogens with zero attached hydrogens (tertiary/aromatic N) is 3. The lowest BCUT2D eigenvalue weighted by molar-refractivity contribution is 0.415. The quantitative estimate of drug-likeness (QED) is 0.859. The van der Waals surface area contributed by atoms with Crippen molar-refractivity contribution in [3.8, 4) is 17.1 Å². The average molecular weight is 244 g/mol. The Morgan fingerprint density at radius 1 is 1.28 bits per heavy atom. The second-order valence-corrected chi connectivity index (χ2v) is 4.32. The Balaban J connectivity index is 2.03. The van der Waals surface area contributed by atoms with Crippen molar-refractivity contribution in [1.82, 2.24) is 20.1 Å². The Morgan fingerprint density at radius 3 is 3.11 bits per heavy atom. The minimum absolute atomic E-state index is 0.844. The summed E-state index contributed by atoms with van der Waals surface area (Å²) in [5, 5.41) is 12.0. The Labute approximate surface area is 106 Å². The molecule has 0 radical (unpaired) electrons. The molecule has 2 aromatic rings. The Hall–Kier alpha value is -1.88. The molecule has 94 valence electrons. The summed E-state index contributed by atoms with van der Waals surface area (Å²) in [5.74, 6) is 2.82. The molecule has 1 aliphatic rings. The normalized spacial score (nSPS) is 14.9. The molecule has 5 nitrogen and oxygen atoms in total. The molecule has 0 saturated heterocycles. The molecular formula is C13H16N4O. The van der Waals surface area contributed by atoms with E-state index < -0.39 is 0 Å². The smallest absolute Gasteiger partial charge is 0.164 e. The van der Waals surface area contributed by atoms with Crippen LogP contribution in [0.3, 0.4) is 0 Å². The highest BCUT2D eigenvalue weighted by Gasteiger charge is 2.15. The van der Waals surface area contributed by atoms with Crippen LogP contribution in [0.25, 0.3) is 11.4 Å². The fourth-order valence-corrected chi connectivity index (χ4v) is 2.25. The summed E-state index contributed by atoms with van der Waals surface area (Å²) in [6.45, 7) is 2.84. The number of aromatic nitrogens is 3. The number of benzene rings is 1. The van der Waals surface area contributed by atoms with Gasteiger partial charge in [-0.2, -0.15) is 0 Å². The third-order valence-corrected chi connectivity index (χ3v) is 3.19. The molecular weight excluding hydrogens is 228 g/mol. The fourth-order valence-electron chi connectivity index (χ4n) is 2.25. The zero-order chi connectivity index (χ0) is 12.4. The lowest BCUT2D eigenvalue weighted by Crippen LogP contribution is -2.17. The monoisotopic (exact) mass is 244 g/mol. The predicted molar refractivity (Wildman–Crippen MR) is 68.6 cm³/mol. The summed E-state index contributed by atoms with van der Waals surface area (Å²) in [5.41, 5.74) is 1.05. The standard InChI is InChI=1S/C13H16N4O/c1-18-11-4-2-3-10(9-11)13-16-15-12-5-6-14-7-8-17(12)13/h2-4,9,14H,5-8H2,1H3. The van der Waals surface area contributed by atoms with Crippen LogP contribution < -0.4 is 10.1 Å². The first-order valence-corrected chi connectivity index (χ1v) is 6.16. The van der Waals surface area contributed by atoms with Crippen molar-refractivity contribution in [1.29, 1.82) is 0 Å². The number of fused-ring (bicyclic) bond motifs is 1. The number of methoxy groups -OCH3 is 1. The molecule has 1 aliphatic heterocycles. The summed E-state index contributed by atoms with van der Waals surface area (Å²) in [6, 6.07) is 7.95. The van der Waals surface area contributed by atoms with E-state index in [-0.39, 0.29) is 0 Å². The van der Waals surface area contributed by atoms with Gasteiger partial charge in [-0.05, 0) is 12.1 Å². The summed E-state index contributed by atoms with van der Waals surface area (Å²) < 4.78 is 7.44. The van der Waals surface area contributed by atoms with Crippen LogP contribution in [-0.4, -0.2) is 35.0 Å². The van der Waals surface area contributed by atoms with E-state index >= 15 is 0 Å². The van der Waals surface area contributed by atoms with Crippen LogP contribution in [0.2, 0.25) is 0 Å². The SMILES string of the molecule is COc1cccc(-c2nnc3n2CCNCC3)c1. The van der Waals surface area contributed by atoms with Crippen molar-refractivity contribution in [3.63, 3.8) is 0 Å². The molecule has 0 fully saturated rings. The molecule has 0 atom stereocenters. The van der Waals surface area contributed by atoms with Crippen LogP contribution in [0.15, 0.2) is 24.3 Å². The van der Waals surface area contributed by atoms with E-state index in [1.165, 1.54) is 0 Å². The maximum Gasteiger partial charge on any atom is 0.164 e. The van der Waals surface area contributed by atoms with E-state index in [1.807, 2.05) is 24.3 Å². The maximum atomic E-state index is 5.25. The van der Waals surface area contributed by atoms with Gasteiger partial charge in [-0.1, -0.05) is 12.1 Å². The molecule has 1 N–H and O–H groups in total.